The molecule has 0 saturated carbocycles. The normalized spacial score (nSPS) is 13.9. The highest BCUT2D eigenvalue weighted by Gasteiger charge is 2.44. The first-order valence-corrected chi connectivity index (χ1v) is 11.2. The first-order valence-electron chi connectivity index (χ1n) is 11.2. The third-order valence-corrected chi connectivity index (χ3v) is 3.99. The van der Waals surface area contributed by atoms with Crippen LogP contribution in [0.1, 0.15) is 6.42 Å². The molecule has 0 fully saturated rings. The molecule has 11 nitrogen and oxygen atoms in total. The molecular weight excluding hydrogens is 514 g/mol. The van der Waals surface area contributed by atoms with E-state index in [1.54, 1.807) is 30.3 Å². The zero-order valence-corrected chi connectivity index (χ0v) is 20.1. The van der Waals surface area contributed by atoms with E-state index in [2.05, 4.69) is 14.2 Å². The molecule has 1 aromatic carbocycles. The minimum absolute atomic E-state index is 0.0203. The molecule has 0 saturated heterocycles. The van der Waals surface area contributed by atoms with Gasteiger partial charge in [0.2, 0.25) is 5.91 Å². The molecular formula is C22H33F4NO10. The number of alkyl halides is 4. The number of carbonyl (C=O) groups excluding carboxylic acids is 1. The van der Waals surface area contributed by atoms with Crippen molar-refractivity contribution in [3.63, 3.8) is 0 Å². The van der Waals surface area contributed by atoms with E-state index in [0.717, 1.165) is 0 Å². The van der Waals surface area contributed by atoms with Crippen LogP contribution in [-0.4, -0.2) is 107 Å². The van der Waals surface area contributed by atoms with Gasteiger partial charge in [0, 0.05) is 6.42 Å². The summed E-state index contributed by atoms with van der Waals surface area (Å²) in [6.07, 6.45) is -10.9. The lowest BCUT2D eigenvalue weighted by atomic mass is 10.3. The molecule has 0 aliphatic heterocycles. The summed E-state index contributed by atoms with van der Waals surface area (Å²) in [4.78, 5) is 10.5. The molecule has 0 radical (unpaired) electrons. The molecule has 15 heteroatoms. The molecule has 1 aromatic rings. The van der Waals surface area contributed by atoms with Gasteiger partial charge in [-0.25, -0.2) is 0 Å². The van der Waals surface area contributed by atoms with Gasteiger partial charge < -0.3 is 44.4 Å². The average Bonchev–Trinajstić information content (AvgIpc) is 2.82. The van der Waals surface area contributed by atoms with Crippen molar-refractivity contribution in [3.8, 4) is 5.75 Å². The first kappa shape index (κ1) is 32.9. The van der Waals surface area contributed by atoms with Crippen molar-refractivity contribution in [1.29, 1.82) is 0 Å². The molecule has 0 heterocycles. The van der Waals surface area contributed by atoms with Gasteiger partial charge in [-0.05, 0) is 12.1 Å². The van der Waals surface area contributed by atoms with Crippen molar-refractivity contribution in [2.24, 2.45) is 5.73 Å². The van der Waals surface area contributed by atoms with Gasteiger partial charge in [-0.15, -0.1) is 0 Å². The summed E-state index contributed by atoms with van der Waals surface area (Å²) >= 11 is 0. The van der Waals surface area contributed by atoms with Crippen LogP contribution in [0.15, 0.2) is 30.3 Å². The van der Waals surface area contributed by atoms with E-state index in [0.29, 0.717) is 5.75 Å². The van der Waals surface area contributed by atoms with Crippen molar-refractivity contribution >= 4 is 5.91 Å². The van der Waals surface area contributed by atoms with E-state index in [4.69, 9.17) is 24.7 Å². The number of aliphatic hydroxyl groups is 2. The molecule has 0 bridgehead atoms. The van der Waals surface area contributed by atoms with Crippen LogP contribution in [-0.2, 0) is 33.2 Å². The van der Waals surface area contributed by atoms with E-state index in [-0.39, 0.29) is 46.1 Å². The van der Waals surface area contributed by atoms with E-state index in [1.807, 2.05) is 0 Å². The Balaban J connectivity index is 2.07. The number of nitrogens with two attached hydrogens (primary N) is 1. The van der Waals surface area contributed by atoms with Crippen molar-refractivity contribution in [3.05, 3.63) is 30.3 Å². The maximum Gasteiger partial charge on any atom is 0.383 e. The topological polar surface area (TPSA) is 148 Å². The molecule has 0 aromatic heterocycles. The van der Waals surface area contributed by atoms with Gasteiger partial charge in [-0.2, -0.15) is 17.6 Å². The lowest BCUT2D eigenvalue weighted by Crippen LogP contribution is -2.40. The first-order chi connectivity index (χ1) is 17.5. The largest absolute Gasteiger partial charge is 0.491 e. The van der Waals surface area contributed by atoms with Gasteiger partial charge in [-0.3, -0.25) is 9.53 Å². The molecule has 2 unspecified atom stereocenters. The van der Waals surface area contributed by atoms with Crippen LogP contribution in [0.25, 0.3) is 0 Å². The second-order valence-electron chi connectivity index (χ2n) is 7.56. The van der Waals surface area contributed by atoms with Crippen molar-refractivity contribution < 1.29 is 65.7 Å². The number of para-hydroxylation sites is 1. The van der Waals surface area contributed by atoms with E-state index < -0.39 is 56.9 Å². The molecule has 1 rings (SSSR count). The minimum atomic E-state index is -4.36. The predicted octanol–water partition coefficient (Wildman–Crippen LogP) is 0.905. The minimum Gasteiger partial charge on any atom is -0.491 e. The van der Waals surface area contributed by atoms with E-state index in [9.17, 15) is 32.6 Å². The number of hydrogen-bond acceptors (Lipinski definition) is 10. The van der Waals surface area contributed by atoms with Gasteiger partial charge in [0.05, 0.1) is 39.6 Å². The maximum absolute atomic E-state index is 13.6. The van der Waals surface area contributed by atoms with Crippen LogP contribution in [0.2, 0.25) is 0 Å². The smallest absolute Gasteiger partial charge is 0.383 e. The molecule has 37 heavy (non-hydrogen) atoms. The highest BCUT2D eigenvalue weighted by Crippen LogP contribution is 2.27. The second-order valence-corrected chi connectivity index (χ2v) is 7.56. The standard InChI is InChI=1S/C22H33F4NO10/c23-21(24,14-34-12-18(29)13-36-19-4-2-1-3-5-19)37-22(25,26)15-35-16-33-9-8-32-11-17(28)10-31-7-6-20(27)30/h1-5,17-18,28-29H,6-16H2,(H2,27,30). The summed E-state index contributed by atoms with van der Waals surface area (Å²) in [6, 6.07) is 8.40. The number of benzene rings is 1. The van der Waals surface area contributed by atoms with Crippen LogP contribution in [0.3, 0.4) is 0 Å². The third-order valence-electron chi connectivity index (χ3n) is 3.99. The molecule has 0 aliphatic carbocycles. The molecule has 2 atom stereocenters. The number of hydrogen-bond donors (Lipinski definition) is 3. The SMILES string of the molecule is NC(=O)CCOCC(O)COCCOCOCC(F)(F)OC(F)(F)COCC(O)COc1ccccc1. The fourth-order valence-corrected chi connectivity index (χ4v) is 2.40. The number of rotatable bonds is 23. The number of ether oxygens (including phenoxy) is 7. The Morgan fingerprint density at radius 2 is 1.32 bits per heavy atom. The Hall–Kier alpha value is -2.11. The average molecular weight is 547 g/mol. The number of halogens is 4. The monoisotopic (exact) mass is 547 g/mol. The fraction of sp³-hybridized carbons (Fsp3) is 0.682. The Morgan fingerprint density at radius 1 is 0.784 bits per heavy atom. The molecule has 1 amide bonds. The Labute approximate surface area is 211 Å². The number of aliphatic hydroxyl groups excluding tert-OH is 2. The lowest BCUT2D eigenvalue weighted by molar-refractivity contribution is -0.396. The van der Waals surface area contributed by atoms with Gasteiger partial charge >= 0.3 is 12.2 Å². The summed E-state index contributed by atoms with van der Waals surface area (Å²) < 4.78 is 87.2. The summed E-state index contributed by atoms with van der Waals surface area (Å²) in [7, 11) is 0. The number of carbonyl (C=O) groups is 1. The molecule has 0 aliphatic rings. The van der Waals surface area contributed by atoms with Crippen LogP contribution < -0.4 is 10.5 Å². The van der Waals surface area contributed by atoms with Crippen LogP contribution in [0.4, 0.5) is 17.6 Å². The van der Waals surface area contributed by atoms with Gasteiger partial charge in [0.25, 0.3) is 0 Å². The highest BCUT2D eigenvalue weighted by atomic mass is 19.3. The van der Waals surface area contributed by atoms with Crippen molar-refractivity contribution in [2.75, 3.05) is 66.3 Å². The van der Waals surface area contributed by atoms with Gasteiger partial charge in [0.1, 0.15) is 44.6 Å². The van der Waals surface area contributed by atoms with Crippen molar-refractivity contribution in [2.45, 2.75) is 30.8 Å². The molecule has 0 spiro atoms. The molecule has 4 N–H and O–H groups in total. The highest BCUT2D eigenvalue weighted by molar-refractivity contribution is 5.73. The number of primary amides is 1. The van der Waals surface area contributed by atoms with Crippen LogP contribution in [0.5, 0.6) is 5.75 Å². The summed E-state index contributed by atoms with van der Waals surface area (Å²) in [5.41, 5.74) is 4.93. The third kappa shape index (κ3) is 18.7. The Kier molecular flexibility index (Phi) is 16.2. The summed E-state index contributed by atoms with van der Waals surface area (Å²) in [6.45, 7) is -4.79. The Bertz CT molecular complexity index is 733. The van der Waals surface area contributed by atoms with Crippen molar-refractivity contribution in [1.82, 2.24) is 0 Å². The predicted molar refractivity (Wildman–Crippen MR) is 118 cm³/mol. The number of amides is 1. The van der Waals surface area contributed by atoms with Gasteiger partial charge in [0.15, 0.2) is 0 Å². The van der Waals surface area contributed by atoms with E-state index in [1.165, 1.54) is 0 Å². The zero-order valence-electron chi connectivity index (χ0n) is 20.1. The Morgan fingerprint density at radius 3 is 1.97 bits per heavy atom. The second kappa shape index (κ2) is 18.2. The van der Waals surface area contributed by atoms with E-state index >= 15 is 0 Å². The van der Waals surface area contributed by atoms with Gasteiger partial charge in [-0.1, -0.05) is 18.2 Å². The zero-order chi connectivity index (χ0) is 27.6. The molecule has 214 valence electrons. The summed E-state index contributed by atoms with van der Waals surface area (Å²) in [5, 5.41) is 19.3. The van der Waals surface area contributed by atoms with Crippen LogP contribution >= 0.6 is 0 Å². The maximum atomic E-state index is 13.6. The quantitative estimate of drug-likeness (QED) is 0.103. The fourth-order valence-electron chi connectivity index (χ4n) is 2.40. The lowest BCUT2D eigenvalue weighted by Gasteiger charge is -2.24. The van der Waals surface area contributed by atoms with Crippen LogP contribution in [0, 0.1) is 0 Å². The summed E-state index contributed by atoms with van der Waals surface area (Å²) in [5.74, 6) is -0.0834.